The molecule has 188 valence electrons. The number of carbonyl (C=O) groups excluding carboxylic acids is 2. The Bertz CT molecular complexity index is 1260. The van der Waals surface area contributed by atoms with Crippen LogP contribution in [0.15, 0.2) is 53.9 Å². The SMILES string of the molecule is CCCN(CC(=O)N1CCc2sccc2[C@H]1COc1cccc(F)c1)C(=O)c1ccc2c(c1)OCO2. The summed E-state index contributed by atoms with van der Waals surface area (Å²) < 4.78 is 30.3. The number of carbonyl (C=O) groups is 2. The molecule has 3 aromatic rings. The summed E-state index contributed by atoms with van der Waals surface area (Å²) in [5.74, 6) is 0.782. The third-order valence-electron chi connectivity index (χ3n) is 6.35. The predicted molar refractivity (Wildman–Crippen MR) is 133 cm³/mol. The summed E-state index contributed by atoms with van der Waals surface area (Å²) in [6.07, 6.45) is 1.46. The van der Waals surface area contributed by atoms with Crippen molar-refractivity contribution in [2.75, 3.05) is 33.0 Å². The van der Waals surface area contributed by atoms with E-state index < -0.39 is 0 Å². The predicted octanol–water partition coefficient (Wildman–Crippen LogP) is 4.67. The summed E-state index contributed by atoms with van der Waals surface area (Å²) in [6.45, 7) is 3.23. The van der Waals surface area contributed by atoms with Crippen LogP contribution >= 0.6 is 11.3 Å². The standard InChI is InChI=1S/C27H27FN2O5S/c1-2-10-29(27(32)18-6-7-23-24(13-18)35-17-34-23)15-26(31)30-11-8-25-21(9-12-36-25)22(30)16-33-20-5-3-4-19(28)14-20/h3-7,9,12-14,22H,2,8,10-11,15-17H2,1H3/t22-/m1/s1. The van der Waals surface area contributed by atoms with Crippen molar-refractivity contribution < 1.29 is 28.2 Å². The lowest BCUT2D eigenvalue weighted by Crippen LogP contribution is -2.48. The number of fused-ring (bicyclic) bond motifs is 2. The van der Waals surface area contributed by atoms with Gasteiger partial charge in [0, 0.05) is 29.6 Å². The van der Waals surface area contributed by atoms with Crippen LogP contribution in [0.3, 0.4) is 0 Å². The van der Waals surface area contributed by atoms with E-state index in [2.05, 4.69) is 0 Å². The number of nitrogens with zero attached hydrogens (tertiary/aromatic N) is 2. The van der Waals surface area contributed by atoms with Gasteiger partial charge in [-0.25, -0.2) is 4.39 Å². The maximum atomic E-state index is 13.6. The molecule has 2 aliphatic rings. The number of ether oxygens (including phenoxy) is 3. The maximum absolute atomic E-state index is 13.6. The average molecular weight is 511 g/mol. The molecule has 0 spiro atoms. The van der Waals surface area contributed by atoms with Crippen molar-refractivity contribution in [1.82, 2.24) is 9.80 Å². The number of hydrogen-bond acceptors (Lipinski definition) is 6. The van der Waals surface area contributed by atoms with Gasteiger partial charge in [-0.1, -0.05) is 13.0 Å². The maximum Gasteiger partial charge on any atom is 0.254 e. The van der Waals surface area contributed by atoms with E-state index >= 15 is 0 Å². The van der Waals surface area contributed by atoms with Crippen molar-refractivity contribution in [2.24, 2.45) is 0 Å². The molecule has 0 radical (unpaired) electrons. The first-order valence-electron chi connectivity index (χ1n) is 12.0. The number of thiophene rings is 1. The lowest BCUT2D eigenvalue weighted by molar-refractivity contribution is -0.135. The summed E-state index contributed by atoms with van der Waals surface area (Å²) in [6, 6.07) is 12.7. The number of benzene rings is 2. The van der Waals surface area contributed by atoms with Crippen LogP contribution in [0.25, 0.3) is 0 Å². The minimum Gasteiger partial charge on any atom is -0.491 e. The molecule has 36 heavy (non-hydrogen) atoms. The summed E-state index contributed by atoms with van der Waals surface area (Å²) in [7, 11) is 0. The van der Waals surface area contributed by atoms with E-state index in [1.807, 2.05) is 18.4 Å². The van der Waals surface area contributed by atoms with E-state index in [9.17, 15) is 14.0 Å². The third-order valence-corrected chi connectivity index (χ3v) is 7.34. The average Bonchev–Trinajstić information content (AvgIpc) is 3.55. The first-order chi connectivity index (χ1) is 17.5. The molecule has 1 aromatic heterocycles. The van der Waals surface area contributed by atoms with Crippen molar-refractivity contribution in [2.45, 2.75) is 25.8 Å². The highest BCUT2D eigenvalue weighted by Gasteiger charge is 2.33. The Labute approximate surface area is 213 Å². The van der Waals surface area contributed by atoms with E-state index in [4.69, 9.17) is 14.2 Å². The van der Waals surface area contributed by atoms with Crippen LogP contribution in [-0.2, 0) is 11.2 Å². The van der Waals surface area contributed by atoms with Crippen LogP contribution in [-0.4, -0.2) is 54.6 Å². The highest BCUT2D eigenvalue weighted by atomic mass is 32.1. The van der Waals surface area contributed by atoms with E-state index in [1.54, 1.807) is 51.5 Å². The molecule has 0 aliphatic carbocycles. The second-order valence-electron chi connectivity index (χ2n) is 8.72. The van der Waals surface area contributed by atoms with Gasteiger partial charge in [0.2, 0.25) is 12.7 Å². The Hall–Kier alpha value is -3.59. The molecule has 0 bridgehead atoms. The Balaban J connectivity index is 1.33. The quantitative estimate of drug-likeness (QED) is 0.441. The van der Waals surface area contributed by atoms with Gasteiger partial charge in [-0.05, 0) is 60.2 Å². The molecule has 2 aromatic carbocycles. The molecule has 0 fully saturated rings. The van der Waals surface area contributed by atoms with E-state index in [0.717, 1.165) is 12.0 Å². The van der Waals surface area contributed by atoms with Crippen molar-refractivity contribution in [3.8, 4) is 17.2 Å². The molecule has 0 N–H and O–H groups in total. The van der Waals surface area contributed by atoms with E-state index in [-0.39, 0.29) is 43.6 Å². The topological polar surface area (TPSA) is 68.3 Å². The number of halogens is 1. The van der Waals surface area contributed by atoms with Crippen molar-refractivity contribution in [3.63, 3.8) is 0 Å². The van der Waals surface area contributed by atoms with Gasteiger partial charge >= 0.3 is 0 Å². The van der Waals surface area contributed by atoms with E-state index in [0.29, 0.717) is 42.3 Å². The molecule has 7 nitrogen and oxygen atoms in total. The second kappa shape index (κ2) is 10.6. The van der Waals surface area contributed by atoms with Gasteiger partial charge in [-0.15, -0.1) is 11.3 Å². The molecule has 9 heteroatoms. The lowest BCUT2D eigenvalue weighted by Gasteiger charge is -2.37. The normalized spacial score (nSPS) is 15.9. The second-order valence-corrected chi connectivity index (χ2v) is 9.72. The van der Waals surface area contributed by atoms with Gasteiger partial charge in [0.05, 0.1) is 6.04 Å². The Kier molecular flexibility index (Phi) is 7.09. The number of amides is 2. The molecule has 5 rings (SSSR count). The summed E-state index contributed by atoms with van der Waals surface area (Å²) in [5, 5.41) is 2.01. The first-order valence-corrected chi connectivity index (χ1v) is 12.8. The van der Waals surface area contributed by atoms with Gasteiger partial charge < -0.3 is 24.0 Å². The zero-order valence-corrected chi connectivity index (χ0v) is 20.8. The molecule has 0 unspecified atom stereocenters. The van der Waals surface area contributed by atoms with Crippen LogP contribution in [0.2, 0.25) is 0 Å². The Morgan fingerprint density at radius 2 is 2.03 bits per heavy atom. The highest BCUT2D eigenvalue weighted by molar-refractivity contribution is 7.10. The van der Waals surface area contributed by atoms with Crippen LogP contribution in [0.4, 0.5) is 4.39 Å². The van der Waals surface area contributed by atoms with Gasteiger partial charge in [-0.3, -0.25) is 9.59 Å². The minimum absolute atomic E-state index is 0.0446. The van der Waals surface area contributed by atoms with E-state index in [1.165, 1.54) is 17.0 Å². The lowest BCUT2D eigenvalue weighted by atomic mass is 10.0. The zero-order chi connectivity index (χ0) is 25.1. The van der Waals surface area contributed by atoms with Crippen LogP contribution in [0, 0.1) is 5.82 Å². The van der Waals surface area contributed by atoms with Crippen LogP contribution < -0.4 is 14.2 Å². The largest absolute Gasteiger partial charge is 0.491 e. The number of rotatable bonds is 8. The monoisotopic (exact) mass is 510 g/mol. The van der Waals surface area contributed by atoms with Crippen LogP contribution in [0.5, 0.6) is 17.2 Å². The summed E-state index contributed by atoms with van der Waals surface area (Å²) in [5.41, 5.74) is 1.49. The van der Waals surface area contributed by atoms with Crippen molar-refractivity contribution in [1.29, 1.82) is 0 Å². The molecule has 0 saturated heterocycles. The van der Waals surface area contributed by atoms with Crippen molar-refractivity contribution >= 4 is 23.2 Å². The molecule has 0 saturated carbocycles. The Morgan fingerprint density at radius 1 is 1.17 bits per heavy atom. The minimum atomic E-state index is -0.377. The first kappa shape index (κ1) is 24.1. The van der Waals surface area contributed by atoms with Gasteiger partial charge in [0.1, 0.15) is 24.7 Å². The number of hydrogen-bond donors (Lipinski definition) is 0. The fourth-order valence-corrected chi connectivity index (χ4v) is 5.52. The van der Waals surface area contributed by atoms with Crippen LogP contribution in [0.1, 0.15) is 40.2 Å². The molecule has 1 atom stereocenters. The van der Waals surface area contributed by atoms with Gasteiger partial charge in [0.15, 0.2) is 11.5 Å². The fraction of sp³-hybridized carbons (Fsp3) is 0.333. The zero-order valence-electron chi connectivity index (χ0n) is 19.9. The van der Waals surface area contributed by atoms with Gasteiger partial charge in [0.25, 0.3) is 5.91 Å². The molecule has 2 aliphatic heterocycles. The third kappa shape index (κ3) is 5.02. The fourth-order valence-electron chi connectivity index (χ4n) is 4.60. The summed E-state index contributed by atoms with van der Waals surface area (Å²) >= 11 is 1.66. The molecule has 3 heterocycles. The molecule has 2 amide bonds. The van der Waals surface area contributed by atoms with Crippen molar-refractivity contribution in [3.05, 3.63) is 75.7 Å². The Morgan fingerprint density at radius 3 is 2.86 bits per heavy atom. The molecular formula is C27H27FN2O5S. The summed E-state index contributed by atoms with van der Waals surface area (Å²) in [4.78, 5) is 31.5. The molecular weight excluding hydrogens is 483 g/mol. The highest BCUT2D eigenvalue weighted by Crippen LogP contribution is 2.35. The smallest absolute Gasteiger partial charge is 0.254 e. The van der Waals surface area contributed by atoms with Gasteiger partial charge in [-0.2, -0.15) is 0 Å².